The van der Waals surface area contributed by atoms with Crippen molar-refractivity contribution in [1.29, 1.82) is 0 Å². The summed E-state index contributed by atoms with van der Waals surface area (Å²) in [5, 5.41) is 6.87. The number of hydrogen-bond donors (Lipinski definition) is 1. The molecule has 0 aliphatic rings. The predicted molar refractivity (Wildman–Crippen MR) is 61.3 cm³/mol. The fourth-order valence-corrected chi connectivity index (χ4v) is 1.95. The number of benzene rings is 1. The number of aromatic nitrogens is 2. The zero-order valence-electron chi connectivity index (χ0n) is 8.81. The summed E-state index contributed by atoms with van der Waals surface area (Å²) in [7, 11) is 3.15. The molecule has 1 heterocycles. The summed E-state index contributed by atoms with van der Waals surface area (Å²) < 4.78 is 10.3. The second kappa shape index (κ2) is 4.36. The molecule has 0 spiro atoms. The summed E-state index contributed by atoms with van der Waals surface area (Å²) in [6, 6.07) is 5.35. The van der Waals surface area contributed by atoms with E-state index in [-0.39, 0.29) is 4.87 Å². The third kappa shape index (κ3) is 1.92. The van der Waals surface area contributed by atoms with Crippen LogP contribution in [0, 0.1) is 0 Å². The Morgan fingerprint density at radius 1 is 1.31 bits per heavy atom. The minimum absolute atomic E-state index is 0.195. The summed E-state index contributed by atoms with van der Waals surface area (Å²) in [5.74, 6) is 1.35. The SMILES string of the molecule is COc1ccc(OC)c(-c2n[nH]c(=O)s2)c1. The van der Waals surface area contributed by atoms with E-state index in [9.17, 15) is 4.79 Å². The number of aromatic amines is 1. The molecule has 84 valence electrons. The van der Waals surface area contributed by atoms with Gasteiger partial charge in [0, 0.05) is 0 Å². The fourth-order valence-electron chi connectivity index (χ4n) is 1.33. The lowest BCUT2D eigenvalue weighted by Crippen LogP contribution is -1.90. The molecule has 2 rings (SSSR count). The van der Waals surface area contributed by atoms with Crippen molar-refractivity contribution < 1.29 is 9.47 Å². The normalized spacial score (nSPS) is 10.1. The number of nitrogens with one attached hydrogen (secondary N) is 1. The van der Waals surface area contributed by atoms with Crippen LogP contribution in [0.3, 0.4) is 0 Å². The maximum Gasteiger partial charge on any atom is 0.322 e. The van der Waals surface area contributed by atoms with Crippen LogP contribution in [0.2, 0.25) is 0 Å². The molecule has 0 aliphatic carbocycles. The van der Waals surface area contributed by atoms with Crippen LogP contribution in [0.25, 0.3) is 10.6 Å². The quantitative estimate of drug-likeness (QED) is 0.880. The van der Waals surface area contributed by atoms with E-state index in [2.05, 4.69) is 10.2 Å². The van der Waals surface area contributed by atoms with Gasteiger partial charge in [0.25, 0.3) is 0 Å². The van der Waals surface area contributed by atoms with Gasteiger partial charge in [-0.05, 0) is 18.2 Å². The molecular weight excluding hydrogens is 228 g/mol. The molecule has 0 atom stereocenters. The lowest BCUT2D eigenvalue weighted by Gasteiger charge is -2.07. The molecule has 1 aromatic carbocycles. The van der Waals surface area contributed by atoms with Gasteiger partial charge in [0.05, 0.1) is 19.8 Å². The van der Waals surface area contributed by atoms with E-state index in [1.807, 2.05) is 0 Å². The molecule has 16 heavy (non-hydrogen) atoms. The second-order valence-corrected chi connectivity index (χ2v) is 3.95. The van der Waals surface area contributed by atoms with Crippen LogP contribution in [-0.2, 0) is 0 Å². The summed E-state index contributed by atoms with van der Waals surface area (Å²) in [5.41, 5.74) is 0.741. The standard InChI is InChI=1S/C10H10N2O3S/c1-14-6-3-4-8(15-2)7(5-6)9-11-12-10(13)16-9/h3-5H,1-2H3,(H,12,13). The van der Waals surface area contributed by atoms with E-state index < -0.39 is 0 Å². The molecule has 5 nitrogen and oxygen atoms in total. The van der Waals surface area contributed by atoms with Gasteiger partial charge in [-0.15, -0.1) is 0 Å². The van der Waals surface area contributed by atoms with Crippen LogP contribution in [0.1, 0.15) is 0 Å². The summed E-state index contributed by atoms with van der Waals surface area (Å²) in [4.78, 5) is 10.9. The summed E-state index contributed by atoms with van der Waals surface area (Å²) in [6.45, 7) is 0. The molecule has 0 radical (unpaired) electrons. The zero-order valence-corrected chi connectivity index (χ0v) is 9.63. The number of ether oxygens (including phenoxy) is 2. The Hall–Kier alpha value is -1.82. The van der Waals surface area contributed by atoms with E-state index in [0.717, 1.165) is 16.9 Å². The number of H-pyrrole nitrogens is 1. The molecular formula is C10H10N2O3S. The third-order valence-corrected chi connectivity index (χ3v) is 2.86. The first-order valence-electron chi connectivity index (χ1n) is 4.52. The number of rotatable bonds is 3. The largest absolute Gasteiger partial charge is 0.497 e. The average molecular weight is 238 g/mol. The molecule has 2 aromatic rings. The highest BCUT2D eigenvalue weighted by Gasteiger charge is 2.11. The smallest absolute Gasteiger partial charge is 0.322 e. The van der Waals surface area contributed by atoms with Crippen LogP contribution in [-0.4, -0.2) is 24.4 Å². The Labute approximate surface area is 95.7 Å². The second-order valence-electron chi connectivity index (χ2n) is 2.98. The van der Waals surface area contributed by atoms with Gasteiger partial charge in [-0.25, -0.2) is 5.10 Å². The Morgan fingerprint density at radius 3 is 2.69 bits per heavy atom. The molecule has 6 heteroatoms. The van der Waals surface area contributed by atoms with Gasteiger partial charge in [0.15, 0.2) is 5.01 Å². The summed E-state index contributed by atoms with van der Waals surface area (Å²) >= 11 is 1.03. The molecule has 0 saturated carbocycles. The summed E-state index contributed by atoms with van der Waals surface area (Å²) in [6.07, 6.45) is 0. The van der Waals surface area contributed by atoms with Crippen molar-refractivity contribution in [3.8, 4) is 22.1 Å². The Kier molecular flexibility index (Phi) is 2.91. The molecule has 0 aliphatic heterocycles. The minimum atomic E-state index is -0.195. The molecule has 0 bridgehead atoms. The van der Waals surface area contributed by atoms with Gasteiger partial charge in [-0.2, -0.15) is 5.10 Å². The zero-order chi connectivity index (χ0) is 11.5. The molecule has 1 N–H and O–H groups in total. The third-order valence-electron chi connectivity index (χ3n) is 2.08. The van der Waals surface area contributed by atoms with Gasteiger partial charge in [-0.1, -0.05) is 11.3 Å². The average Bonchev–Trinajstić information content (AvgIpc) is 2.75. The topological polar surface area (TPSA) is 64.2 Å². The van der Waals surface area contributed by atoms with Crippen LogP contribution < -0.4 is 14.3 Å². The number of nitrogens with zero attached hydrogens (tertiary/aromatic N) is 1. The minimum Gasteiger partial charge on any atom is -0.497 e. The fraction of sp³-hybridized carbons (Fsp3) is 0.200. The highest BCUT2D eigenvalue weighted by Crippen LogP contribution is 2.32. The maximum absolute atomic E-state index is 11.0. The van der Waals surface area contributed by atoms with Crippen molar-refractivity contribution >= 4 is 11.3 Å². The highest BCUT2D eigenvalue weighted by molar-refractivity contribution is 7.12. The number of methoxy groups -OCH3 is 2. The predicted octanol–water partition coefficient (Wildman–Crippen LogP) is 1.52. The van der Waals surface area contributed by atoms with Crippen molar-refractivity contribution in [2.75, 3.05) is 14.2 Å². The van der Waals surface area contributed by atoms with Crippen molar-refractivity contribution in [1.82, 2.24) is 10.2 Å². The van der Waals surface area contributed by atoms with E-state index >= 15 is 0 Å². The van der Waals surface area contributed by atoms with Gasteiger partial charge in [0.2, 0.25) is 0 Å². The Morgan fingerprint density at radius 2 is 2.12 bits per heavy atom. The van der Waals surface area contributed by atoms with Crippen molar-refractivity contribution in [3.05, 3.63) is 27.9 Å². The van der Waals surface area contributed by atoms with E-state index in [1.54, 1.807) is 32.4 Å². The maximum atomic E-state index is 11.0. The van der Waals surface area contributed by atoms with Gasteiger partial charge < -0.3 is 9.47 Å². The van der Waals surface area contributed by atoms with E-state index in [1.165, 1.54) is 0 Å². The first-order chi connectivity index (χ1) is 7.74. The first-order valence-corrected chi connectivity index (χ1v) is 5.34. The van der Waals surface area contributed by atoms with Gasteiger partial charge in [0.1, 0.15) is 11.5 Å². The van der Waals surface area contributed by atoms with Crippen LogP contribution in [0.5, 0.6) is 11.5 Å². The molecule has 0 fully saturated rings. The van der Waals surface area contributed by atoms with Crippen LogP contribution in [0.4, 0.5) is 0 Å². The van der Waals surface area contributed by atoms with Gasteiger partial charge >= 0.3 is 4.87 Å². The number of hydrogen-bond acceptors (Lipinski definition) is 5. The lowest BCUT2D eigenvalue weighted by molar-refractivity contribution is 0.404. The van der Waals surface area contributed by atoms with Crippen LogP contribution >= 0.6 is 11.3 Å². The van der Waals surface area contributed by atoms with Gasteiger partial charge in [-0.3, -0.25) is 4.79 Å². The molecule has 0 saturated heterocycles. The Balaban J connectivity index is 2.56. The van der Waals surface area contributed by atoms with E-state index in [0.29, 0.717) is 16.5 Å². The van der Waals surface area contributed by atoms with Crippen molar-refractivity contribution in [3.63, 3.8) is 0 Å². The van der Waals surface area contributed by atoms with Crippen molar-refractivity contribution in [2.45, 2.75) is 0 Å². The Bertz CT molecular complexity index is 547. The molecule has 0 amide bonds. The first kappa shape index (κ1) is 10.7. The lowest BCUT2D eigenvalue weighted by atomic mass is 10.2. The molecule has 1 aromatic heterocycles. The monoisotopic (exact) mass is 238 g/mol. The highest BCUT2D eigenvalue weighted by atomic mass is 32.1. The van der Waals surface area contributed by atoms with E-state index in [4.69, 9.17) is 9.47 Å². The molecule has 0 unspecified atom stereocenters. The van der Waals surface area contributed by atoms with Crippen molar-refractivity contribution in [2.24, 2.45) is 0 Å². The van der Waals surface area contributed by atoms with Crippen LogP contribution in [0.15, 0.2) is 23.0 Å².